The molecule has 1 saturated carbocycles. The van der Waals surface area contributed by atoms with Gasteiger partial charge < -0.3 is 14.5 Å². The quantitative estimate of drug-likeness (QED) is 0.341. The van der Waals surface area contributed by atoms with Crippen molar-refractivity contribution >= 4 is 28.7 Å². The number of allylic oxidation sites excluding steroid dienone is 7. The number of anilines is 1. The van der Waals surface area contributed by atoms with Gasteiger partial charge in [-0.25, -0.2) is 0 Å². The lowest BCUT2D eigenvalue weighted by Crippen LogP contribution is -2.45. The molecule has 212 valence electrons. The first-order chi connectivity index (χ1) is 20.0. The van der Waals surface area contributed by atoms with E-state index < -0.39 is 0 Å². The minimum atomic E-state index is 0.101. The first-order valence-corrected chi connectivity index (χ1v) is 15.6. The Hall–Kier alpha value is -3.24. The van der Waals surface area contributed by atoms with E-state index in [4.69, 9.17) is 21.3 Å². The Bertz CT molecular complexity index is 1520. The van der Waals surface area contributed by atoms with Crippen molar-refractivity contribution in [3.05, 3.63) is 100 Å². The zero-order chi connectivity index (χ0) is 28.1. The molecule has 2 aliphatic carbocycles. The zero-order valence-corrected chi connectivity index (χ0v) is 25.2. The Morgan fingerprint density at radius 1 is 1.02 bits per heavy atom. The van der Waals surface area contributed by atoms with Gasteiger partial charge in [0, 0.05) is 48.3 Å². The van der Waals surface area contributed by atoms with Gasteiger partial charge in [0.25, 0.3) is 0 Å². The third kappa shape index (κ3) is 4.55. The van der Waals surface area contributed by atoms with E-state index in [9.17, 15) is 0 Å². The van der Waals surface area contributed by atoms with Gasteiger partial charge in [-0.15, -0.1) is 0 Å². The summed E-state index contributed by atoms with van der Waals surface area (Å²) in [5.41, 5.74) is 7.75. The van der Waals surface area contributed by atoms with Crippen molar-refractivity contribution < 1.29 is 4.74 Å². The summed E-state index contributed by atoms with van der Waals surface area (Å²) >= 11 is 6.99. The van der Waals surface area contributed by atoms with E-state index in [0.29, 0.717) is 17.8 Å². The summed E-state index contributed by atoms with van der Waals surface area (Å²) in [7, 11) is 1.78. The van der Waals surface area contributed by atoms with Gasteiger partial charge in [-0.3, -0.25) is 4.99 Å². The van der Waals surface area contributed by atoms with Crippen LogP contribution in [0.15, 0.2) is 83.5 Å². The molecule has 41 heavy (non-hydrogen) atoms. The highest BCUT2D eigenvalue weighted by atomic mass is 35.5. The summed E-state index contributed by atoms with van der Waals surface area (Å²) in [5, 5.41) is 0.898. The third-order valence-electron chi connectivity index (χ3n) is 10.3. The number of halogens is 1. The summed E-state index contributed by atoms with van der Waals surface area (Å²) in [6, 6.07) is 13.4. The summed E-state index contributed by atoms with van der Waals surface area (Å²) in [4.78, 5) is 10.1. The van der Waals surface area contributed by atoms with Crippen molar-refractivity contribution in [1.29, 1.82) is 0 Å². The minimum absolute atomic E-state index is 0.101. The molecule has 0 N–H and O–H groups in total. The van der Waals surface area contributed by atoms with Crippen LogP contribution in [0.4, 0.5) is 5.69 Å². The maximum absolute atomic E-state index is 6.99. The molecule has 0 amide bonds. The highest BCUT2D eigenvalue weighted by Crippen LogP contribution is 2.59. The summed E-state index contributed by atoms with van der Waals surface area (Å²) in [6.45, 7) is 7.48. The van der Waals surface area contributed by atoms with Gasteiger partial charge in [0.15, 0.2) is 0 Å². The second-order valence-electron chi connectivity index (χ2n) is 12.5. The van der Waals surface area contributed by atoms with E-state index in [0.717, 1.165) is 60.3 Å². The van der Waals surface area contributed by atoms with Crippen LogP contribution in [-0.4, -0.2) is 43.0 Å². The highest BCUT2D eigenvalue weighted by molar-refractivity contribution is 6.31. The Morgan fingerprint density at radius 3 is 2.76 bits per heavy atom. The number of methoxy groups -OCH3 is 1. The molecule has 4 atom stereocenters. The molecular weight excluding hydrogens is 526 g/mol. The average molecular weight is 566 g/mol. The van der Waals surface area contributed by atoms with Crippen LogP contribution in [0.1, 0.15) is 68.6 Å². The van der Waals surface area contributed by atoms with E-state index in [1.165, 1.54) is 41.5 Å². The highest BCUT2D eigenvalue weighted by Gasteiger charge is 2.65. The lowest BCUT2D eigenvalue weighted by atomic mass is 9.67. The summed E-state index contributed by atoms with van der Waals surface area (Å²) in [6.07, 6.45) is 18.9. The second-order valence-corrected chi connectivity index (χ2v) is 12.9. The maximum atomic E-state index is 6.99. The van der Waals surface area contributed by atoms with Crippen molar-refractivity contribution in [2.24, 2.45) is 16.8 Å². The standard InChI is InChI=1S/C36H40ClN3O/c1-24-17-18-39(22-25(24)2)33-16-14-28(20-34(33)41-3)35-38-21-29-11-8-12-31(36(29)23-40(35)36)30-19-27(13-15-32(30)37)26-9-6-4-5-7-10-26/h4-7,9,13-16,19-20,22,24,29,31H,8,10-12,17-18,21,23H2,1-3H3. The molecule has 2 aromatic rings. The van der Waals surface area contributed by atoms with Crippen LogP contribution < -0.4 is 9.64 Å². The predicted octanol–water partition coefficient (Wildman–Crippen LogP) is 8.40. The second kappa shape index (κ2) is 10.5. The molecule has 2 fully saturated rings. The third-order valence-corrected chi connectivity index (χ3v) is 10.7. The van der Waals surface area contributed by atoms with Crippen LogP contribution in [0.2, 0.25) is 5.02 Å². The number of rotatable bonds is 5. The molecule has 1 saturated heterocycles. The molecule has 1 spiro atoms. The van der Waals surface area contributed by atoms with Crippen molar-refractivity contribution in [2.45, 2.75) is 57.4 Å². The fraction of sp³-hybridized carbons (Fsp3) is 0.417. The lowest BCUT2D eigenvalue weighted by molar-refractivity contribution is 0.210. The van der Waals surface area contributed by atoms with Crippen molar-refractivity contribution in [3.63, 3.8) is 0 Å². The lowest BCUT2D eigenvalue weighted by Gasteiger charge is -2.42. The Morgan fingerprint density at radius 2 is 1.90 bits per heavy atom. The zero-order valence-electron chi connectivity index (χ0n) is 24.4. The molecule has 0 bridgehead atoms. The van der Waals surface area contributed by atoms with Gasteiger partial charge in [0.2, 0.25) is 0 Å². The Labute approximate surface area is 249 Å². The van der Waals surface area contributed by atoms with Crippen LogP contribution in [-0.2, 0) is 0 Å². The molecule has 5 heteroatoms. The predicted molar refractivity (Wildman–Crippen MR) is 171 cm³/mol. The summed E-state index contributed by atoms with van der Waals surface area (Å²) in [5.74, 6) is 3.64. The van der Waals surface area contributed by atoms with E-state index in [1.807, 2.05) is 0 Å². The van der Waals surface area contributed by atoms with Gasteiger partial charge in [0.05, 0.1) is 18.3 Å². The number of nitrogens with zero attached hydrogens (tertiary/aromatic N) is 3. The van der Waals surface area contributed by atoms with Gasteiger partial charge >= 0.3 is 0 Å². The molecule has 0 aromatic heterocycles. The van der Waals surface area contributed by atoms with Gasteiger partial charge in [-0.1, -0.05) is 67.0 Å². The average Bonchev–Trinajstić information content (AvgIpc) is 3.79. The van der Waals surface area contributed by atoms with Crippen LogP contribution in [0.5, 0.6) is 5.75 Å². The fourth-order valence-corrected chi connectivity index (χ4v) is 7.99. The summed E-state index contributed by atoms with van der Waals surface area (Å²) < 4.78 is 5.96. The molecular formula is C36H40ClN3O. The first kappa shape index (κ1) is 26.6. The SMILES string of the molecule is COc1cc(C2=NCC3CCCC(c4cc(C5=CC=CC=CC5)ccc4Cl)C34CN24)ccc1N1C=C(C)C(C)CC1. The normalized spacial score (nSPS) is 28.7. The molecule has 3 aliphatic heterocycles. The van der Waals surface area contributed by atoms with Crippen molar-refractivity contribution in [3.8, 4) is 5.75 Å². The first-order valence-electron chi connectivity index (χ1n) is 15.3. The minimum Gasteiger partial charge on any atom is -0.495 e. The van der Waals surface area contributed by atoms with Gasteiger partial charge in [-0.05, 0) is 85.6 Å². The number of hydrogen-bond acceptors (Lipinski definition) is 4. The number of aliphatic imine (C=N–C) groups is 1. The molecule has 4 unspecified atom stereocenters. The van der Waals surface area contributed by atoms with Crippen LogP contribution >= 0.6 is 11.6 Å². The Balaban J connectivity index is 1.21. The topological polar surface area (TPSA) is 27.8 Å². The van der Waals surface area contributed by atoms with E-state index in [-0.39, 0.29) is 5.54 Å². The van der Waals surface area contributed by atoms with Gasteiger partial charge in [0.1, 0.15) is 11.6 Å². The molecule has 2 aromatic carbocycles. The van der Waals surface area contributed by atoms with Crippen LogP contribution in [0.25, 0.3) is 5.57 Å². The largest absolute Gasteiger partial charge is 0.495 e. The van der Waals surface area contributed by atoms with Crippen LogP contribution in [0.3, 0.4) is 0 Å². The molecule has 4 nitrogen and oxygen atoms in total. The monoisotopic (exact) mass is 565 g/mol. The molecule has 3 heterocycles. The smallest absolute Gasteiger partial charge is 0.143 e. The molecule has 7 rings (SSSR count). The van der Waals surface area contributed by atoms with E-state index in [1.54, 1.807) is 7.11 Å². The van der Waals surface area contributed by atoms with Crippen molar-refractivity contribution in [2.75, 3.05) is 31.6 Å². The molecule has 0 radical (unpaired) electrons. The number of amidine groups is 1. The van der Waals surface area contributed by atoms with Crippen molar-refractivity contribution in [1.82, 2.24) is 4.90 Å². The van der Waals surface area contributed by atoms with E-state index in [2.05, 4.69) is 96.6 Å². The molecule has 5 aliphatic rings. The number of ether oxygens (including phenoxy) is 1. The Kier molecular flexibility index (Phi) is 6.85. The van der Waals surface area contributed by atoms with Crippen LogP contribution in [0, 0.1) is 11.8 Å². The van der Waals surface area contributed by atoms with E-state index >= 15 is 0 Å². The number of hydrogen-bond donors (Lipinski definition) is 0. The van der Waals surface area contributed by atoms with Gasteiger partial charge in [-0.2, -0.15) is 0 Å². The fourth-order valence-electron chi connectivity index (χ4n) is 7.74. The number of benzene rings is 2. The maximum Gasteiger partial charge on any atom is 0.143 e.